The fraction of sp³-hybridized carbons (Fsp3) is 0.474. The fourth-order valence-electron chi connectivity index (χ4n) is 3.05. The van der Waals surface area contributed by atoms with Gasteiger partial charge in [-0.15, -0.1) is 11.8 Å². The summed E-state index contributed by atoms with van der Waals surface area (Å²) in [4.78, 5) is 10.4. The number of hydrogen-bond acceptors (Lipinski definition) is 4. The highest BCUT2D eigenvalue weighted by Gasteiger charge is 2.28. The smallest absolute Gasteiger partial charge is 0.131 e. The van der Waals surface area contributed by atoms with Gasteiger partial charge in [0.05, 0.1) is 6.10 Å². The third kappa shape index (κ3) is 3.75. The van der Waals surface area contributed by atoms with E-state index in [9.17, 15) is 0 Å². The van der Waals surface area contributed by atoms with Crippen LogP contribution in [0.5, 0.6) is 0 Å². The Labute approximate surface area is 141 Å². The Kier molecular flexibility index (Phi) is 4.36. The Bertz CT molecular complexity index is 669. The molecule has 2 aromatic rings. The van der Waals surface area contributed by atoms with Crippen LogP contribution in [0.25, 0.3) is 0 Å². The van der Waals surface area contributed by atoms with E-state index in [4.69, 9.17) is 4.74 Å². The summed E-state index contributed by atoms with van der Waals surface area (Å²) in [5.41, 5.74) is 2.45. The maximum Gasteiger partial charge on any atom is 0.131 e. The highest BCUT2D eigenvalue weighted by Crippen LogP contribution is 2.39. The first-order chi connectivity index (χ1) is 11.3. The number of aryl methyl sites for hydroxylation is 1. The third-order valence-corrected chi connectivity index (χ3v) is 5.82. The highest BCUT2D eigenvalue weighted by molar-refractivity contribution is 8.00. The zero-order chi connectivity index (χ0) is 15.6. The van der Waals surface area contributed by atoms with Crippen LogP contribution in [-0.2, 0) is 4.74 Å². The van der Waals surface area contributed by atoms with Crippen molar-refractivity contribution in [2.24, 2.45) is 0 Å². The Morgan fingerprint density at radius 1 is 1.13 bits per heavy atom. The molecule has 2 heterocycles. The molecular formula is C19H22N2OS. The van der Waals surface area contributed by atoms with E-state index < -0.39 is 0 Å². The molecule has 4 heteroatoms. The number of rotatable bonds is 4. The van der Waals surface area contributed by atoms with E-state index in [1.165, 1.54) is 23.3 Å². The monoisotopic (exact) mass is 326 g/mol. The molecule has 120 valence electrons. The van der Waals surface area contributed by atoms with Crippen molar-refractivity contribution in [1.29, 1.82) is 0 Å². The molecule has 1 unspecified atom stereocenters. The first-order valence-corrected chi connectivity index (χ1v) is 9.32. The first kappa shape index (κ1) is 15.2. The van der Waals surface area contributed by atoms with Crippen molar-refractivity contribution in [2.45, 2.75) is 54.8 Å². The molecule has 0 N–H and O–H groups in total. The van der Waals surface area contributed by atoms with Crippen LogP contribution < -0.4 is 0 Å². The minimum atomic E-state index is 0.138. The van der Waals surface area contributed by atoms with E-state index >= 15 is 0 Å². The molecule has 1 saturated heterocycles. The van der Waals surface area contributed by atoms with E-state index in [0.717, 1.165) is 30.8 Å². The summed E-state index contributed by atoms with van der Waals surface area (Å²) in [5.74, 6) is 1.62. The van der Waals surface area contributed by atoms with E-state index in [2.05, 4.69) is 41.2 Å². The quantitative estimate of drug-likeness (QED) is 0.817. The zero-order valence-electron chi connectivity index (χ0n) is 13.4. The average molecular weight is 326 g/mol. The molecule has 2 atom stereocenters. The van der Waals surface area contributed by atoms with Crippen LogP contribution in [0.2, 0.25) is 0 Å². The highest BCUT2D eigenvalue weighted by atomic mass is 32.2. The number of hydrogen-bond donors (Lipinski definition) is 0. The van der Waals surface area contributed by atoms with E-state index in [1.54, 1.807) is 0 Å². The maximum atomic E-state index is 5.98. The molecule has 23 heavy (non-hydrogen) atoms. The average Bonchev–Trinajstić information content (AvgIpc) is 3.40. The number of aromatic nitrogens is 2. The van der Waals surface area contributed by atoms with Gasteiger partial charge in [0.25, 0.3) is 0 Å². The lowest BCUT2D eigenvalue weighted by Gasteiger charge is -2.29. The molecule has 1 aliphatic heterocycles. The van der Waals surface area contributed by atoms with Crippen LogP contribution in [0.3, 0.4) is 0 Å². The molecule has 0 spiro atoms. The normalized spacial score (nSPS) is 24.6. The van der Waals surface area contributed by atoms with Gasteiger partial charge in [0.15, 0.2) is 0 Å². The number of nitrogens with zero attached hydrogens (tertiary/aromatic N) is 2. The Morgan fingerprint density at radius 3 is 2.70 bits per heavy atom. The molecule has 1 aromatic heterocycles. The van der Waals surface area contributed by atoms with Crippen molar-refractivity contribution < 1.29 is 4.74 Å². The van der Waals surface area contributed by atoms with Crippen molar-refractivity contribution in [3.05, 3.63) is 53.6 Å². The largest absolute Gasteiger partial charge is 0.373 e. The van der Waals surface area contributed by atoms with Gasteiger partial charge in [-0.3, -0.25) is 0 Å². The summed E-state index contributed by atoms with van der Waals surface area (Å²) < 4.78 is 5.98. The summed E-state index contributed by atoms with van der Waals surface area (Å²) in [6.45, 7) is 2.97. The molecule has 1 aliphatic carbocycles. The van der Waals surface area contributed by atoms with Crippen LogP contribution in [0, 0.1) is 6.92 Å². The van der Waals surface area contributed by atoms with E-state index in [-0.39, 0.29) is 6.10 Å². The molecule has 3 nitrogen and oxygen atoms in total. The molecule has 0 bridgehead atoms. The molecule has 2 aliphatic rings. The van der Waals surface area contributed by atoms with E-state index in [0.29, 0.717) is 11.2 Å². The summed E-state index contributed by atoms with van der Waals surface area (Å²) in [5, 5.41) is 0.596. The van der Waals surface area contributed by atoms with Gasteiger partial charge in [-0.1, -0.05) is 17.7 Å². The van der Waals surface area contributed by atoms with Gasteiger partial charge in [-0.05, 0) is 44.7 Å². The van der Waals surface area contributed by atoms with Crippen LogP contribution >= 0.6 is 11.8 Å². The van der Waals surface area contributed by atoms with Crippen molar-refractivity contribution in [3.8, 4) is 0 Å². The van der Waals surface area contributed by atoms with Crippen molar-refractivity contribution >= 4 is 11.8 Å². The maximum absolute atomic E-state index is 5.98. The summed E-state index contributed by atoms with van der Waals surface area (Å²) in [6, 6.07) is 8.76. The molecule has 1 saturated carbocycles. The Morgan fingerprint density at radius 2 is 1.96 bits per heavy atom. The number of ether oxygens (including phenoxy) is 1. The van der Waals surface area contributed by atoms with Crippen molar-refractivity contribution in [3.63, 3.8) is 0 Å². The minimum Gasteiger partial charge on any atom is -0.373 e. The second-order valence-electron chi connectivity index (χ2n) is 6.59. The van der Waals surface area contributed by atoms with Gasteiger partial charge in [0.2, 0.25) is 0 Å². The number of thioether (sulfide) groups is 1. The van der Waals surface area contributed by atoms with Gasteiger partial charge in [-0.25, -0.2) is 9.97 Å². The van der Waals surface area contributed by atoms with Crippen LogP contribution in [0.15, 0.2) is 41.6 Å². The fourth-order valence-corrected chi connectivity index (χ4v) is 4.33. The van der Waals surface area contributed by atoms with Crippen LogP contribution in [0.1, 0.15) is 54.7 Å². The van der Waals surface area contributed by atoms with Gasteiger partial charge in [0, 0.05) is 40.6 Å². The molecular weight excluding hydrogens is 304 g/mol. The third-order valence-electron chi connectivity index (χ3n) is 4.53. The first-order valence-electron chi connectivity index (χ1n) is 8.45. The van der Waals surface area contributed by atoms with Gasteiger partial charge in [0.1, 0.15) is 5.82 Å². The standard InChI is InChI=1S/C19H22N2OS/c1-13-3-2-4-16(9-13)23-17-7-8-22-18(10-17)15-11-20-19(21-12-15)14-5-6-14/h2-4,9,11-12,14,17-18H,5-8,10H2,1H3/t17-,18?/m1/s1. The zero-order valence-corrected chi connectivity index (χ0v) is 14.3. The van der Waals surface area contributed by atoms with E-state index in [1.807, 2.05) is 24.2 Å². The van der Waals surface area contributed by atoms with Gasteiger partial charge >= 0.3 is 0 Å². The molecule has 2 fully saturated rings. The topological polar surface area (TPSA) is 35.0 Å². The van der Waals surface area contributed by atoms with Gasteiger partial charge in [-0.2, -0.15) is 0 Å². The lowest BCUT2D eigenvalue weighted by Crippen LogP contribution is -2.22. The second kappa shape index (κ2) is 6.62. The number of benzene rings is 1. The van der Waals surface area contributed by atoms with Crippen molar-refractivity contribution in [2.75, 3.05) is 6.61 Å². The summed E-state index contributed by atoms with van der Waals surface area (Å²) >= 11 is 1.97. The SMILES string of the molecule is Cc1cccc(S[C@@H]2CCOC(c3cnc(C4CC4)nc3)C2)c1. The predicted octanol–water partition coefficient (Wildman–Crippen LogP) is 4.67. The van der Waals surface area contributed by atoms with Crippen LogP contribution in [0.4, 0.5) is 0 Å². The summed E-state index contributed by atoms with van der Waals surface area (Å²) in [7, 11) is 0. The Hall–Kier alpha value is -1.39. The molecule has 0 radical (unpaired) electrons. The predicted molar refractivity (Wildman–Crippen MR) is 92.8 cm³/mol. The van der Waals surface area contributed by atoms with Gasteiger partial charge < -0.3 is 4.74 Å². The minimum absolute atomic E-state index is 0.138. The second-order valence-corrected chi connectivity index (χ2v) is 7.96. The lowest BCUT2D eigenvalue weighted by atomic mass is 10.0. The summed E-state index contributed by atoms with van der Waals surface area (Å²) in [6.07, 6.45) is 8.72. The van der Waals surface area contributed by atoms with Crippen LogP contribution in [-0.4, -0.2) is 21.8 Å². The molecule has 4 rings (SSSR count). The Balaban J connectivity index is 1.41. The molecule has 0 amide bonds. The molecule has 1 aromatic carbocycles. The lowest BCUT2D eigenvalue weighted by molar-refractivity contribution is 0.0174. The van der Waals surface area contributed by atoms with Crippen molar-refractivity contribution in [1.82, 2.24) is 9.97 Å².